The zero-order chi connectivity index (χ0) is 19.1. The summed E-state index contributed by atoms with van der Waals surface area (Å²) in [6.45, 7) is 3.06. The predicted molar refractivity (Wildman–Crippen MR) is 103 cm³/mol. The summed E-state index contributed by atoms with van der Waals surface area (Å²) in [6, 6.07) is 1.87. The number of thiophene rings is 1. The van der Waals surface area contributed by atoms with Gasteiger partial charge in [0.1, 0.15) is 9.88 Å². The Morgan fingerprint density at radius 2 is 2.04 bits per heavy atom. The number of thiocarbonyl (C=S) groups is 1. The van der Waals surface area contributed by atoms with Gasteiger partial charge in [0.15, 0.2) is 5.11 Å². The van der Waals surface area contributed by atoms with E-state index in [1.165, 1.54) is 14.2 Å². The van der Waals surface area contributed by atoms with Crippen molar-refractivity contribution >= 4 is 45.6 Å². The molecule has 0 fully saturated rings. The van der Waals surface area contributed by atoms with E-state index in [-0.39, 0.29) is 5.56 Å². The van der Waals surface area contributed by atoms with Gasteiger partial charge in [0.25, 0.3) is 0 Å². The third kappa shape index (κ3) is 4.79. The highest BCUT2D eigenvalue weighted by Gasteiger charge is 2.26. The van der Waals surface area contributed by atoms with Crippen LogP contribution in [0.15, 0.2) is 18.5 Å². The van der Waals surface area contributed by atoms with Crippen molar-refractivity contribution in [2.75, 3.05) is 26.1 Å². The molecule has 0 aromatic carbocycles. The van der Waals surface area contributed by atoms with E-state index in [0.717, 1.165) is 24.3 Å². The Kier molecular flexibility index (Phi) is 7.10. The number of hydrogen-bond acceptors (Lipinski definition) is 7. The number of rotatable bonds is 7. The molecule has 0 bridgehead atoms. The highest BCUT2D eigenvalue weighted by molar-refractivity contribution is 7.80. The third-order valence-electron chi connectivity index (χ3n) is 3.54. The van der Waals surface area contributed by atoms with E-state index in [2.05, 4.69) is 15.7 Å². The Bertz CT molecular complexity index is 787. The van der Waals surface area contributed by atoms with Gasteiger partial charge in [-0.15, -0.1) is 11.3 Å². The highest BCUT2D eigenvalue weighted by Crippen LogP contribution is 2.34. The maximum atomic E-state index is 12.1. The predicted octanol–water partition coefficient (Wildman–Crippen LogP) is 2.20. The quantitative estimate of drug-likeness (QED) is 0.418. The zero-order valence-electron chi connectivity index (χ0n) is 14.7. The van der Waals surface area contributed by atoms with Crippen molar-refractivity contribution in [2.24, 2.45) is 0 Å². The maximum Gasteiger partial charge on any atom is 0.348 e. The van der Waals surface area contributed by atoms with Gasteiger partial charge < -0.3 is 20.1 Å². The van der Waals surface area contributed by atoms with Gasteiger partial charge in [-0.1, -0.05) is 0 Å². The molecule has 0 saturated heterocycles. The van der Waals surface area contributed by atoms with Crippen LogP contribution in [-0.4, -0.2) is 47.6 Å². The molecule has 0 spiro atoms. The molecular formula is C16H20N4O4S2. The lowest BCUT2D eigenvalue weighted by Crippen LogP contribution is -2.30. The van der Waals surface area contributed by atoms with Crippen LogP contribution in [0.1, 0.15) is 32.0 Å². The van der Waals surface area contributed by atoms with Crippen LogP contribution in [0.2, 0.25) is 0 Å². The smallest absolute Gasteiger partial charge is 0.348 e. The van der Waals surface area contributed by atoms with Crippen molar-refractivity contribution in [3.05, 3.63) is 34.5 Å². The lowest BCUT2D eigenvalue weighted by Gasteiger charge is -2.10. The minimum Gasteiger partial charge on any atom is -0.465 e. The van der Waals surface area contributed by atoms with Crippen LogP contribution in [-0.2, 0) is 16.0 Å². The van der Waals surface area contributed by atoms with Gasteiger partial charge in [0.2, 0.25) is 0 Å². The van der Waals surface area contributed by atoms with Crippen LogP contribution in [0.3, 0.4) is 0 Å². The topological polar surface area (TPSA) is 94.5 Å². The zero-order valence-corrected chi connectivity index (χ0v) is 16.3. The van der Waals surface area contributed by atoms with E-state index < -0.39 is 11.9 Å². The summed E-state index contributed by atoms with van der Waals surface area (Å²) < 4.78 is 11.4. The molecule has 2 N–H and O–H groups in total. The summed E-state index contributed by atoms with van der Waals surface area (Å²) in [5.74, 6) is -1.05. The third-order valence-corrected chi connectivity index (χ3v) is 4.98. The first-order chi connectivity index (χ1) is 12.5. The average molecular weight is 396 g/mol. The molecule has 0 saturated carbocycles. The summed E-state index contributed by atoms with van der Waals surface area (Å²) in [4.78, 5) is 24.3. The van der Waals surface area contributed by atoms with Crippen LogP contribution in [0.4, 0.5) is 5.00 Å². The van der Waals surface area contributed by atoms with Gasteiger partial charge in [0.05, 0.1) is 19.8 Å². The molecule has 0 radical (unpaired) electrons. The molecule has 140 valence electrons. The Labute approximate surface area is 160 Å². The minimum atomic E-state index is -0.544. The Hall–Kier alpha value is -2.46. The van der Waals surface area contributed by atoms with E-state index in [9.17, 15) is 9.59 Å². The number of carbonyl (C=O) groups is 2. The Morgan fingerprint density at radius 1 is 1.31 bits per heavy atom. The summed E-state index contributed by atoms with van der Waals surface area (Å²) in [5.41, 5.74) is 0.774. The monoisotopic (exact) mass is 396 g/mol. The van der Waals surface area contributed by atoms with E-state index >= 15 is 0 Å². The van der Waals surface area contributed by atoms with Gasteiger partial charge in [-0.2, -0.15) is 5.10 Å². The number of nitrogens with one attached hydrogen (secondary N) is 2. The van der Waals surface area contributed by atoms with Crippen molar-refractivity contribution in [1.29, 1.82) is 0 Å². The fourth-order valence-electron chi connectivity index (χ4n) is 2.26. The number of methoxy groups -OCH3 is 2. The number of aryl methyl sites for hydroxylation is 1. The second-order valence-corrected chi connectivity index (χ2v) is 6.68. The lowest BCUT2D eigenvalue weighted by atomic mass is 10.1. The largest absolute Gasteiger partial charge is 0.465 e. The number of nitrogens with zero attached hydrogens (tertiary/aromatic N) is 2. The standard InChI is InChI=1S/C16H20N4O4S2/c1-10-11(14(21)23-2)13(26-12(10)15(22)24-3)19-16(25)17-6-4-8-20-9-5-7-18-20/h5,7,9H,4,6,8H2,1-3H3,(H2,17,19,25). The highest BCUT2D eigenvalue weighted by atomic mass is 32.1. The van der Waals surface area contributed by atoms with Crippen LogP contribution >= 0.6 is 23.6 Å². The summed E-state index contributed by atoms with van der Waals surface area (Å²) in [6.07, 6.45) is 4.44. The number of hydrogen-bond donors (Lipinski definition) is 2. The number of anilines is 1. The van der Waals surface area contributed by atoms with Gasteiger partial charge in [-0.25, -0.2) is 9.59 Å². The molecule has 0 aliphatic carbocycles. The molecule has 0 unspecified atom stereocenters. The molecule has 0 atom stereocenters. The van der Waals surface area contributed by atoms with Crippen LogP contribution in [0, 0.1) is 6.92 Å². The molecule has 2 heterocycles. The van der Waals surface area contributed by atoms with Crippen molar-refractivity contribution in [1.82, 2.24) is 15.1 Å². The van der Waals surface area contributed by atoms with Crippen molar-refractivity contribution in [3.63, 3.8) is 0 Å². The second-order valence-electron chi connectivity index (χ2n) is 5.25. The van der Waals surface area contributed by atoms with Crippen LogP contribution in [0.5, 0.6) is 0 Å². The molecule has 0 amide bonds. The summed E-state index contributed by atoms with van der Waals surface area (Å²) in [7, 11) is 2.57. The van der Waals surface area contributed by atoms with E-state index in [1.54, 1.807) is 13.1 Å². The molecule has 2 aromatic heterocycles. The average Bonchev–Trinajstić information content (AvgIpc) is 3.25. The van der Waals surface area contributed by atoms with Crippen molar-refractivity contribution in [3.8, 4) is 0 Å². The second kappa shape index (κ2) is 9.30. The molecular weight excluding hydrogens is 376 g/mol. The molecule has 10 heteroatoms. The van der Waals surface area contributed by atoms with Gasteiger partial charge in [-0.3, -0.25) is 4.68 Å². The number of aromatic nitrogens is 2. The Balaban J connectivity index is 2.01. The van der Waals surface area contributed by atoms with Gasteiger partial charge >= 0.3 is 11.9 Å². The fraction of sp³-hybridized carbons (Fsp3) is 0.375. The molecule has 2 aromatic rings. The first-order valence-corrected chi connectivity index (χ1v) is 9.02. The lowest BCUT2D eigenvalue weighted by molar-refractivity contribution is 0.0601. The number of esters is 2. The van der Waals surface area contributed by atoms with Gasteiger partial charge in [0, 0.05) is 25.5 Å². The van der Waals surface area contributed by atoms with E-state index in [0.29, 0.717) is 27.1 Å². The van der Waals surface area contributed by atoms with Crippen molar-refractivity contribution < 1.29 is 19.1 Å². The minimum absolute atomic E-state index is 0.276. The number of carbonyl (C=O) groups excluding carboxylic acids is 2. The SMILES string of the molecule is COC(=O)c1sc(NC(=S)NCCCn2cccn2)c(C(=O)OC)c1C. The van der Waals surface area contributed by atoms with Crippen LogP contribution in [0.25, 0.3) is 0 Å². The first kappa shape index (κ1) is 19.9. The first-order valence-electron chi connectivity index (χ1n) is 7.80. The van der Waals surface area contributed by atoms with Gasteiger partial charge in [-0.05, 0) is 37.2 Å². The van der Waals surface area contributed by atoms with E-state index in [1.807, 2.05) is 16.9 Å². The summed E-state index contributed by atoms with van der Waals surface area (Å²) in [5, 5.41) is 11.0. The number of ether oxygens (including phenoxy) is 2. The van der Waals surface area contributed by atoms with Crippen LogP contribution < -0.4 is 10.6 Å². The molecule has 0 aliphatic heterocycles. The normalized spacial score (nSPS) is 10.3. The molecule has 2 rings (SSSR count). The Morgan fingerprint density at radius 3 is 2.65 bits per heavy atom. The molecule has 8 nitrogen and oxygen atoms in total. The van der Waals surface area contributed by atoms with Crippen molar-refractivity contribution in [2.45, 2.75) is 19.9 Å². The van der Waals surface area contributed by atoms with E-state index in [4.69, 9.17) is 21.7 Å². The summed E-state index contributed by atoms with van der Waals surface area (Å²) >= 11 is 6.37. The fourth-order valence-corrected chi connectivity index (χ4v) is 3.65. The molecule has 0 aliphatic rings. The maximum absolute atomic E-state index is 12.1. The molecule has 26 heavy (non-hydrogen) atoms.